The zero-order chi connectivity index (χ0) is 17.7. The van der Waals surface area contributed by atoms with Gasteiger partial charge in [-0.1, -0.05) is 12.1 Å². The van der Waals surface area contributed by atoms with E-state index in [-0.39, 0.29) is 17.9 Å². The van der Waals surface area contributed by atoms with Gasteiger partial charge in [-0.3, -0.25) is 9.59 Å². The number of thiophene rings is 1. The molecule has 1 aromatic heterocycles. The molecule has 0 spiro atoms. The Hall–Kier alpha value is -2.40. The number of anilines is 1. The SMILES string of the molecule is CC(=O)Nc1ccc(/C=C\C(=O)N(C)[C@H](C)c2ccc(C)s2)cc1. The maximum Gasteiger partial charge on any atom is 0.246 e. The summed E-state index contributed by atoms with van der Waals surface area (Å²) < 4.78 is 0. The molecule has 1 aromatic carbocycles. The lowest BCUT2D eigenvalue weighted by atomic mass is 10.2. The number of nitrogens with zero attached hydrogens (tertiary/aromatic N) is 1. The highest BCUT2D eigenvalue weighted by molar-refractivity contribution is 7.12. The molecular formula is C19H22N2O2S. The van der Waals surface area contributed by atoms with Gasteiger partial charge in [0.25, 0.3) is 0 Å². The van der Waals surface area contributed by atoms with Crippen molar-refractivity contribution in [3.63, 3.8) is 0 Å². The largest absolute Gasteiger partial charge is 0.335 e. The lowest BCUT2D eigenvalue weighted by Gasteiger charge is -2.22. The van der Waals surface area contributed by atoms with Gasteiger partial charge in [-0.2, -0.15) is 0 Å². The molecule has 0 radical (unpaired) electrons. The van der Waals surface area contributed by atoms with Crippen molar-refractivity contribution in [2.75, 3.05) is 12.4 Å². The molecule has 1 atom stereocenters. The van der Waals surface area contributed by atoms with Gasteiger partial charge in [0, 0.05) is 35.5 Å². The second kappa shape index (κ2) is 7.93. The van der Waals surface area contributed by atoms with E-state index >= 15 is 0 Å². The molecule has 0 aliphatic heterocycles. The van der Waals surface area contributed by atoms with Crippen LogP contribution in [0.2, 0.25) is 0 Å². The molecule has 2 aromatic rings. The van der Waals surface area contributed by atoms with Gasteiger partial charge in [-0.05, 0) is 49.8 Å². The first-order chi connectivity index (χ1) is 11.4. The Bertz CT molecular complexity index is 747. The second-order valence-electron chi connectivity index (χ2n) is 5.71. The monoisotopic (exact) mass is 342 g/mol. The first-order valence-corrected chi connectivity index (χ1v) is 8.57. The van der Waals surface area contributed by atoms with Crippen LogP contribution in [0.25, 0.3) is 6.08 Å². The summed E-state index contributed by atoms with van der Waals surface area (Å²) in [5, 5.41) is 2.71. The van der Waals surface area contributed by atoms with Crippen LogP contribution in [0.3, 0.4) is 0 Å². The summed E-state index contributed by atoms with van der Waals surface area (Å²) in [7, 11) is 1.81. The van der Waals surface area contributed by atoms with Crippen LogP contribution >= 0.6 is 11.3 Å². The zero-order valence-electron chi connectivity index (χ0n) is 14.4. The highest BCUT2D eigenvalue weighted by atomic mass is 32.1. The third-order valence-corrected chi connectivity index (χ3v) is 4.92. The Morgan fingerprint density at radius 1 is 1.17 bits per heavy atom. The van der Waals surface area contributed by atoms with Crippen molar-refractivity contribution in [3.05, 3.63) is 57.8 Å². The van der Waals surface area contributed by atoms with E-state index in [2.05, 4.69) is 24.4 Å². The summed E-state index contributed by atoms with van der Waals surface area (Å²) in [4.78, 5) is 27.5. The molecule has 1 N–H and O–H groups in total. The van der Waals surface area contributed by atoms with Crippen molar-refractivity contribution >= 4 is 34.9 Å². The summed E-state index contributed by atoms with van der Waals surface area (Å²) >= 11 is 1.71. The van der Waals surface area contributed by atoms with Crippen LogP contribution in [0.15, 0.2) is 42.5 Å². The van der Waals surface area contributed by atoms with Gasteiger partial charge in [0.2, 0.25) is 11.8 Å². The van der Waals surface area contributed by atoms with Crippen molar-refractivity contribution in [3.8, 4) is 0 Å². The molecule has 126 valence electrons. The summed E-state index contributed by atoms with van der Waals surface area (Å²) in [6.07, 6.45) is 3.35. The minimum Gasteiger partial charge on any atom is -0.335 e. The summed E-state index contributed by atoms with van der Waals surface area (Å²) in [5.41, 5.74) is 1.65. The minimum absolute atomic E-state index is 0.0421. The number of carbonyl (C=O) groups is 2. The molecule has 0 unspecified atom stereocenters. The molecular weight excluding hydrogens is 320 g/mol. The number of hydrogen-bond donors (Lipinski definition) is 1. The quantitative estimate of drug-likeness (QED) is 0.826. The number of amides is 2. The number of rotatable bonds is 5. The van der Waals surface area contributed by atoms with E-state index < -0.39 is 0 Å². The fourth-order valence-corrected chi connectivity index (χ4v) is 3.20. The van der Waals surface area contributed by atoms with E-state index in [4.69, 9.17) is 0 Å². The number of carbonyl (C=O) groups excluding carboxylic acids is 2. The van der Waals surface area contributed by atoms with E-state index in [0.29, 0.717) is 0 Å². The molecule has 1 heterocycles. The van der Waals surface area contributed by atoms with Crippen LogP contribution in [0.1, 0.15) is 35.2 Å². The molecule has 2 rings (SSSR count). The Morgan fingerprint density at radius 3 is 2.38 bits per heavy atom. The van der Waals surface area contributed by atoms with E-state index in [9.17, 15) is 9.59 Å². The molecule has 0 saturated carbocycles. The molecule has 4 nitrogen and oxygen atoms in total. The first kappa shape index (κ1) is 17.9. The Balaban J connectivity index is 2.00. The normalized spacial score (nSPS) is 12.2. The molecule has 2 amide bonds. The van der Waals surface area contributed by atoms with Crippen LogP contribution in [-0.4, -0.2) is 23.8 Å². The smallest absolute Gasteiger partial charge is 0.246 e. The molecule has 0 bridgehead atoms. The molecule has 0 aliphatic rings. The topological polar surface area (TPSA) is 49.4 Å². The lowest BCUT2D eigenvalue weighted by Crippen LogP contribution is -2.27. The highest BCUT2D eigenvalue weighted by Crippen LogP contribution is 2.26. The van der Waals surface area contributed by atoms with Crippen LogP contribution in [0.5, 0.6) is 0 Å². The third-order valence-electron chi connectivity index (χ3n) is 3.75. The fraction of sp³-hybridized carbons (Fsp3) is 0.263. The van der Waals surface area contributed by atoms with Crippen LogP contribution in [0, 0.1) is 6.92 Å². The standard InChI is InChI=1S/C19H22N2O2S/c1-13-5-11-18(24-13)14(2)21(4)19(23)12-8-16-6-9-17(10-7-16)20-15(3)22/h5-12,14H,1-4H3,(H,20,22)/b12-8-/t14-/m1/s1. The average Bonchev–Trinajstić information content (AvgIpc) is 2.98. The minimum atomic E-state index is -0.104. The maximum atomic E-state index is 12.3. The van der Waals surface area contributed by atoms with Crippen molar-refractivity contribution in [2.24, 2.45) is 0 Å². The predicted octanol–water partition coefficient (Wildman–Crippen LogP) is 4.25. The summed E-state index contributed by atoms with van der Waals surface area (Å²) in [6.45, 7) is 5.56. The van der Waals surface area contributed by atoms with Gasteiger partial charge < -0.3 is 10.2 Å². The van der Waals surface area contributed by atoms with Crippen molar-refractivity contribution in [2.45, 2.75) is 26.8 Å². The van der Waals surface area contributed by atoms with Gasteiger partial charge in [0.15, 0.2) is 0 Å². The Kier molecular flexibility index (Phi) is 5.93. The molecule has 0 saturated heterocycles. The average molecular weight is 342 g/mol. The molecule has 0 aliphatic carbocycles. The Morgan fingerprint density at radius 2 is 1.83 bits per heavy atom. The van der Waals surface area contributed by atoms with Gasteiger partial charge in [-0.25, -0.2) is 0 Å². The van der Waals surface area contributed by atoms with Gasteiger partial charge in [0.05, 0.1) is 6.04 Å². The second-order valence-corrected chi connectivity index (χ2v) is 7.03. The third kappa shape index (κ3) is 4.80. The lowest BCUT2D eigenvalue weighted by molar-refractivity contribution is -0.126. The van der Waals surface area contributed by atoms with E-state index in [1.165, 1.54) is 16.7 Å². The van der Waals surface area contributed by atoms with Gasteiger partial charge in [0.1, 0.15) is 0 Å². The summed E-state index contributed by atoms with van der Waals surface area (Å²) in [5.74, 6) is -0.146. The molecule has 0 fully saturated rings. The Labute approximate surface area is 146 Å². The molecule has 5 heteroatoms. The van der Waals surface area contributed by atoms with Gasteiger partial charge in [-0.15, -0.1) is 11.3 Å². The van der Waals surface area contributed by atoms with Crippen molar-refractivity contribution in [1.82, 2.24) is 4.90 Å². The van der Waals surface area contributed by atoms with Crippen molar-refractivity contribution in [1.29, 1.82) is 0 Å². The summed E-state index contributed by atoms with van der Waals surface area (Å²) in [6, 6.07) is 11.5. The number of likely N-dealkylation sites (N-methyl/N-ethyl adjacent to an activating group) is 1. The van der Waals surface area contributed by atoms with Crippen LogP contribution < -0.4 is 5.32 Å². The van der Waals surface area contributed by atoms with Gasteiger partial charge >= 0.3 is 0 Å². The van der Waals surface area contributed by atoms with E-state index in [0.717, 1.165) is 11.3 Å². The van der Waals surface area contributed by atoms with E-state index in [1.807, 2.05) is 38.2 Å². The molecule has 24 heavy (non-hydrogen) atoms. The van der Waals surface area contributed by atoms with E-state index in [1.54, 1.807) is 28.4 Å². The fourth-order valence-electron chi connectivity index (χ4n) is 2.23. The maximum absolute atomic E-state index is 12.3. The van der Waals surface area contributed by atoms with Crippen molar-refractivity contribution < 1.29 is 9.59 Å². The number of hydrogen-bond acceptors (Lipinski definition) is 3. The first-order valence-electron chi connectivity index (χ1n) is 7.75. The van der Waals surface area contributed by atoms with Crippen LogP contribution in [-0.2, 0) is 9.59 Å². The number of nitrogens with one attached hydrogen (secondary N) is 1. The number of aryl methyl sites for hydroxylation is 1. The van der Waals surface area contributed by atoms with Crippen LogP contribution in [0.4, 0.5) is 5.69 Å². The zero-order valence-corrected chi connectivity index (χ0v) is 15.2. The predicted molar refractivity (Wildman–Crippen MR) is 100 cm³/mol. The highest BCUT2D eigenvalue weighted by Gasteiger charge is 2.16. The number of benzene rings is 1.